The smallest absolute Gasteiger partial charge is 0.240 e. The van der Waals surface area contributed by atoms with E-state index in [9.17, 15) is 9.32 Å². The van der Waals surface area contributed by atoms with Crippen LogP contribution in [0.1, 0.15) is 5.56 Å². The third-order valence-electron chi connectivity index (χ3n) is 2.43. The molecule has 0 fully saturated rings. The minimum atomic E-state index is -1.72. The van der Waals surface area contributed by atoms with Crippen LogP contribution < -0.4 is 4.18 Å². The highest BCUT2D eigenvalue weighted by atomic mass is 35.5. The highest BCUT2D eigenvalue weighted by Crippen LogP contribution is 2.27. The van der Waals surface area contributed by atoms with Gasteiger partial charge in [-0.1, -0.05) is 29.3 Å². The molecule has 0 amide bonds. The maximum Gasteiger partial charge on any atom is 0.240 e. The molecular weight excluding hydrogens is 307 g/mol. The van der Waals surface area contributed by atoms with Gasteiger partial charge in [0, 0.05) is 11.1 Å². The molecule has 0 aromatic heterocycles. The lowest BCUT2D eigenvalue weighted by molar-refractivity contribution is 0.475. The van der Waals surface area contributed by atoms with Gasteiger partial charge in [-0.15, -0.1) is 0 Å². The van der Waals surface area contributed by atoms with Crippen molar-refractivity contribution >= 4 is 34.3 Å². The summed E-state index contributed by atoms with van der Waals surface area (Å²) >= 11 is 9.98. The highest BCUT2D eigenvalue weighted by molar-refractivity contribution is 7.80. The molecule has 1 atom stereocenters. The quantitative estimate of drug-likeness (QED) is 0.927. The van der Waals surface area contributed by atoms with Gasteiger partial charge in [0.1, 0.15) is 11.5 Å². The summed E-state index contributed by atoms with van der Waals surface area (Å²) in [4.78, 5) is 0.361. The van der Waals surface area contributed by atoms with Crippen molar-refractivity contribution in [2.24, 2.45) is 0 Å². The Morgan fingerprint density at radius 1 is 1.11 bits per heavy atom. The van der Waals surface area contributed by atoms with Gasteiger partial charge < -0.3 is 9.29 Å². The van der Waals surface area contributed by atoms with Crippen LogP contribution in [0.2, 0.25) is 10.0 Å². The predicted octanol–water partition coefficient (Wildman–Crippen LogP) is 4.11. The summed E-state index contributed by atoms with van der Waals surface area (Å²) < 4.78 is 17.3. The van der Waals surface area contributed by atoms with Crippen LogP contribution in [-0.2, 0) is 11.1 Å². The van der Waals surface area contributed by atoms with E-state index in [0.29, 0.717) is 15.7 Å². The van der Waals surface area contributed by atoms with Gasteiger partial charge in [-0.25, -0.2) is 4.21 Å². The molecule has 0 saturated carbocycles. The van der Waals surface area contributed by atoms with E-state index >= 15 is 0 Å². The van der Waals surface area contributed by atoms with Crippen LogP contribution in [0.4, 0.5) is 0 Å². The van der Waals surface area contributed by atoms with Crippen LogP contribution in [0.25, 0.3) is 0 Å². The lowest BCUT2D eigenvalue weighted by Crippen LogP contribution is -2.01. The number of aromatic hydroxyl groups is 1. The average molecular weight is 317 g/mol. The Bertz CT molecular complexity index is 644. The Morgan fingerprint density at radius 2 is 1.84 bits per heavy atom. The first kappa shape index (κ1) is 14.2. The molecule has 100 valence electrons. The molecule has 0 aliphatic rings. The summed E-state index contributed by atoms with van der Waals surface area (Å²) in [7, 11) is 0. The molecule has 0 spiro atoms. The molecule has 1 N–H and O–H groups in total. The van der Waals surface area contributed by atoms with Crippen molar-refractivity contribution in [2.45, 2.75) is 11.8 Å². The first-order valence-corrected chi connectivity index (χ1v) is 7.15. The van der Waals surface area contributed by atoms with E-state index in [0.717, 1.165) is 5.56 Å². The van der Waals surface area contributed by atoms with Gasteiger partial charge in [-0.05, 0) is 36.8 Å². The van der Waals surface area contributed by atoms with Gasteiger partial charge in [0.25, 0.3) is 0 Å². The van der Waals surface area contributed by atoms with Crippen molar-refractivity contribution in [3.63, 3.8) is 0 Å². The van der Waals surface area contributed by atoms with Gasteiger partial charge in [0.05, 0.1) is 9.92 Å². The minimum absolute atomic E-state index is 0.0687. The van der Waals surface area contributed by atoms with Crippen LogP contribution in [0.5, 0.6) is 11.5 Å². The summed E-state index contributed by atoms with van der Waals surface area (Å²) in [5, 5.41) is 9.95. The highest BCUT2D eigenvalue weighted by Gasteiger charge is 2.10. The van der Waals surface area contributed by atoms with E-state index in [1.54, 1.807) is 18.2 Å². The Labute approximate surface area is 123 Å². The second-order valence-electron chi connectivity index (χ2n) is 3.84. The molecule has 0 saturated heterocycles. The second-order valence-corrected chi connectivity index (χ2v) is 5.76. The van der Waals surface area contributed by atoms with E-state index in [2.05, 4.69) is 0 Å². The van der Waals surface area contributed by atoms with Crippen LogP contribution in [0.15, 0.2) is 41.3 Å². The SMILES string of the molecule is Cc1ccc(OS(=O)c2ccc(O)c(Cl)c2)cc1Cl. The number of halogens is 2. The van der Waals surface area contributed by atoms with E-state index in [4.69, 9.17) is 27.4 Å². The molecule has 0 radical (unpaired) electrons. The normalized spacial score (nSPS) is 12.2. The molecule has 2 aromatic carbocycles. The standard InChI is InChI=1S/C13H10Cl2O3S/c1-8-2-3-9(6-11(8)14)18-19(17)10-4-5-13(16)12(15)7-10/h2-7,16H,1H3. The van der Waals surface area contributed by atoms with Crippen LogP contribution in [0.3, 0.4) is 0 Å². The van der Waals surface area contributed by atoms with Crippen molar-refractivity contribution in [3.8, 4) is 11.5 Å². The Kier molecular flexibility index (Phi) is 4.34. The number of rotatable bonds is 3. The van der Waals surface area contributed by atoms with E-state index in [1.807, 2.05) is 6.92 Å². The molecule has 2 aromatic rings. The number of hydrogen-bond donors (Lipinski definition) is 1. The molecule has 0 aliphatic heterocycles. The number of aryl methyl sites for hydroxylation is 1. The van der Waals surface area contributed by atoms with Gasteiger partial charge in [0.2, 0.25) is 11.1 Å². The van der Waals surface area contributed by atoms with Crippen molar-refractivity contribution in [2.75, 3.05) is 0 Å². The molecule has 1 unspecified atom stereocenters. The fourth-order valence-corrected chi connectivity index (χ4v) is 2.54. The average Bonchev–Trinajstić information content (AvgIpc) is 2.37. The molecule has 0 heterocycles. The Hall–Kier alpha value is -1.23. The second kappa shape index (κ2) is 5.82. The van der Waals surface area contributed by atoms with Crippen LogP contribution >= 0.6 is 23.2 Å². The molecule has 0 aliphatic carbocycles. The molecule has 6 heteroatoms. The largest absolute Gasteiger partial charge is 0.506 e. The van der Waals surface area contributed by atoms with Crippen LogP contribution in [0, 0.1) is 6.92 Å². The predicted molar refractivity (Wildman–Crippen MR) is 76.3 cm³/mol. The lowest BCUT2D eigenvalue weighted by atomic mass is 10.2. The fourth-order valence-electron chi connectivity index (χ4n) is 1.35. The van der Waals surface area contributed by atoms with Crippen molar-refractivity contribution in [1.82, 2.24) is 0 Å². The zero-order valence-electron chi connectivity index (χ0n) is 9.89. The van der Waals surface area contributed by atoms with Gasteiger partial charge >= 0.3 is 0 Å². The maximum absolute atomic E-state index is 12.0. The van der Waals surface area contributed by atoms with Gasteiger partial charge in [0.15, 0.2) is 0 Å². The van der Waals surface area contributed by atoms with E-state index in [-0.39, 0.29) is 10.8 Å². The van der Waals surface area contributed by atoms with Gasteiger partial charge in [-0.2, -0.15) is 0 Å². The molecule has 3 nitrogen and oxygen atoms in total. The van der Waals surface area contributed by atoms with Gasteiger partial charge in [-0.3, -0.25) is 0 Å². The van der Waals surface area contributed by atoms with E-state index in [1.165, 1.54) is 18.2 Å². The third kappa shape index (κ3) is 3.41. The molecule has 19 heavy (non-hydrogen) atoms. The number of hydrogen-bond acceptors (Lipinski definition) is 3. The molecule has 2 rings (SSSR count). The summed E-state index contributed by atoms with van der Waals surface area (Å²) in [5.41, 5.74) is 0.910. The van der Waals surface area contributed by atoms with E-state index < -0.39 is 11.1 Å². The summed E-state index contributed by atoms with van der Waals surface area (Å²) in [6.07, 6.45) is 0. The zero-order chi connectivity index (χ0) is 14.0. The monoisotopic (exact) mass is 316 g/mol. The van der Waals surface area contributed by atoms with Crippen molar-refractivity contribution in [3.05, 3.63) is 52.0 Å². The first-order chi connectivity index (χ1) is 8.97. The summed E-state index contributed by atoms with van der Waals surface area (Å²) in [6, 6.07) is 9.29. The molecular formula is C13H10Cl2O3S. The summed E-state index contributed by atoms with van der Waals surface area (Å²) in [6.45, 7) is 1.86. The first-order valence-electron chi connectivity index (χ1n) is 5.32. The van der Waals surface area contributed by atoms with Crippen molar-refractivity contribution in [1.29, 1.82) is 0 Å². The number of phenols is 1. The zero-order valence-corrected chi connectivity index (χ0v) is 12.2. The summed E-state index contributed by atoms with van der Waals surface area (Å²) in [5.74, 6) is 0.332. The lowest BCUT2D eigenvalue weighted by Gasteiger charge is -2.07. The Balaban J connectivity index is 2.20. The Morgan fingerprint density at radius 3 is 2.47 bits per heavy atom. The maximum atomic E-state index is 12.0. The fraction of sp³-hybridized carbons (Fsp3) is 0.0769. The third-order valence-corrected chi connectivity index (χ3v) is 4.12. The number of phenolic OH excluding ortho intramolecular Hbond substituents is 1. The molecule has 0 bridgehead atoms. The topological polar surface area (TPSA) is 46.5 Å². The van der Waals surface area contributed by atoms with Crippen molar-refractivity contribution < 1.29 is 13.5 Å². The number of benzene rings is 2. The minimum Gasteiger partial charge on any atom is -0.506 e. The van der Waals surface area contributed by atoms with Crippen LogP contribution in [-0.4, -0.2) is 9.32 Å².